The largest absolute Gasteiger partial charge is 0.490 e. The molecule has 162 valence electrons. The lowest BCUT2D eigenvalue weighted by Crippen LogP contribution is -2.19. The summed E-state index contributed by atoms with van der Waals surface area (Å²) >= 11 is 2.49. The second-order valence-corrected chi connectivity index (χ2v) is 8.57. The molecule has 3 rings (SSSR count). The van der Waals surface area contributed by atoms with Crippen molar-refractivity contribution < 1.29 is 14.3 Å². The fourth-order valence-corrected chi connectivity index (χ4v) is 3.97. The number of hydrogen-bond donors (Lipinski definition) is 2. The zero-order chi connectivity index (χ0) is 22.1. The predicted octanol–water partition coefficient (Wildman–Crippen LogP) is 3.65. The van der Waals surface area contributed by atoms with Gasteiger partial charge in [-0.1, -0.05) is 47.4 Å². The van der Waals surface area contributed by atoms with Crippen LogP contribution in [0.5, 0.6) is 11.5 Å². The standard InChI is InChI=1S/C21H23N5O3S2/c1-3-28-18-10-15(8-9-17(18)29-12-16-7-5-4-6-14(16)2)11-23-24-19(27)13-30-21-26-25-20(22)31-21/h4-11H,3,12-13H2,1-2H3,(H2,22,25)(H,24,27). The van der Waals surface area contributed by atoms with Crippen LogP contribution >= 0.6 is 23.1 Å². The second-order valence-electron chi connectivity index (χ2n) is 6.34. The molecule has 0 aliphatic heterocycles. The Morgan fingerprint density at radius 1 is 1.23 bits per heavy atom. The minimum atomic E-state index is -0.252. The zero-order valence-corrected chi connectivity index (χ0v) is 18.8. The fourth-order valence-electron chi connectivity index (χ4n) is 2.54. The van der Waals surface area contributed by atoms with E-state index in [1.807, 2.05) is 43.3 Å². The average Bonchev–Trinajstić information content (AvgIpc) is 3.18. The molecule has 0 unspecified atom stereocenters. The van der Waals surface area contributed by atoms with Crippen LogP contribution in [0.2, 0.25) is 0 Å². The van der Waals surface area contributed by atoms with Crippen LogP contribution in [0.1, 0.15) is 23.6 Å². The number of nitrogen functional groups attached to an aromatic ring is 1. The summed E-state index contributed by atoms with van der Waals surface area (Å²) in [4.78, 5) is 11.9. The van der Waals surface area contributed by atoms with Gasteiger partial charge in [0, 0.05) is 0 Å². The summed E-state index contributed by atoms with van der Waals surface area (Å²) in [7, 11) is 0. The number of carbonyl (C=O) groups excluding carboxylic acids is 1. The van der Waals surface area contributed by atoms with Gasteiger partial charge < -0.3 is 15.2 Å². The van der Waals surface area contributed by atoms with Crippen molar-refractivity contribution in [2.75, 3.05) is 18.1 Å². The number of thioether (sulfide) groups is 1. The van der Waals surface area contributed by atoms with E-state index < -0.39 is 0 Å². The summed E-state index contributed by atoms with van der Waals surface area (Å²) in [5.41, 5.74) is 11.1. The summed E-state index contributed by atoms with van der Waals surface area (Å²) in [6, 6.07) is 13.6. The van der Waals surface area contributed by atoms with Gasteiger partial charge in [-0.2, -0.15) is 5.10 Å². The molecule has 3 aromatic rings. The lowest BCUT2D eigenvalue weighted by molar-refractivity contribution is -0.118. The molecule has 0 spiro atoms. The number of anilines is 1. The summed E-state index contributed by atoms with van der Waals surface area (Å²) in [5.74, 6) is 1.19. The van der Waals surface area contributed by atoms with Crippen molar-refractivity contribution in [3.05, 3.63) is 59.2 Å². The van der Waals surface area contributed by atoms with E-state index in [2.05, 4.69) is 33.7 Å². The van der Waals surface area contributed by atoms with E-state index in [0.29, 0.717) is 34.2 Å². The monoisotopic (exact) mass is 457 g/mol. The highest BCUT2D eigenvalue weighted by Gasteiger charge is 2.08. The molecule has 0 aliphatic carbocycles. The summed E-state index contributed by atoms with van der Waals surface area (Å²) < 4.78 is 12.3. The summed E-state index contributed by atoms with van der Waals surface area (Å²) in [6.45, 7) is 4.92. The molecule has 0 aliphatic rings. The molecule has 1 heterocycles. The highest BCUT2D eigenvalue weighted by Crippen LogP contribution is 2.29. The van der Waals surface area contributed by atoms with Crippen molar-refractivity contribution in [3.8, 4) is 11.5 Å². The van der Waals surface area contributed by atoms with Crippen LogP contribution in [0.25, 0.3) is 0 Å². The van der Waals surface area contributed by atoms with Crippen LogP contribution in [0.3, 0.4) is 0 Å². The zero-order valence-electron chi connectivity index (χ0n) is 17.2. The Kier molecular flexibility index (Phi) is 8.25. The second kappa shape index (κ2) is 11.3. The number of benzene rings is 2. The van der Waals surface area contributed by atoms with E-state index in [0.717, 1.165) is 11.1 Å². The van der Waals surface area contributed by atoms with Gasteiger partial charge in [0.15, 0.2) is 15.8 Å². The maximum Gasteiger partial charge on any atom is 0.250 e. The number of amides is 1. The summed E-state index contributed by atoms with van der Waals surface area (Å²) in [6.07, 6.45) is 1.55. The highest BCUT2D eigenvalue weighted by atomic mass is 32.2. The van der Waals surface area contributed by atoms with Crippen molar-refractivity contribution in [3.63, 3.8) is 0 Å². The first-order valence-electron chi connectivity index (χ1n) is 9.53. The minimum absolute atomic E-state index is 0.169. The van der Waals surface area contributed by atoms with Gasteiger partial charge in [0.05, 0.1) is 18.6 Å². The first kappa shape index (κ1) is 22.6. The lowest BCUT2D eigenvalue weighted by atomic mass is 10.1. The van der Waals surface area contributed by atoms with Crippen LogP contribution in [-0.4, -0.2) is 34.7 Å². The molecular formula is C21H23N5O3S2. The Hall–Kier alpha value is -3.11. The molecular weight excluding hydrogens is 434 g/mol. The topological polar surface area (TPSA) is 112 Å². The quantitative estimate of drug-likeness (QED) is 0.271. The predicted molar refractivity (Wildman–Crippen MR) is 124 cm³/mol. The molecule has 1 aromatic heterocycles. The van der Waals surface area contributed by atoms with Gasteiger partial charge in [-0.3, -0.25) is 4.79 Å². The van der Waals surface area contributed by atoms with Gasteiger partial charge in [-0.05, 0) is 48.7 Å². The fraction of sp³-hybridized carbons (Fsp3) is 0.238. The van der Waals surface area contributed by atoms with Gasteiger partial charge >= 0.3 is 0 Å². The molecule has 0 radical (unpaired) electrons. The van der Waals surface area contributed by atoms with Gasteiger partial charge in [-0.25, -0.2) is 5.43 Å². The number of nitrogens with two attached hydrogens (primary N) is 1. The van der Waals surface area contributed by atoms with Crippen LogP contribution in [0.15, 0.2) is 51.9 Å². The first-order chi connectivity index (χ1) is 15.0. The van der Waals surface area contributed by atoms with Gasteiger partial charge in [-0.15, -0.1) is 10.2 Å². The SMILES string of the molecule is CCOc1cc(C=NNC(=O)CSc2nnc(N)s2)ccc1OCc1ccccc1C. The van der Waals surface area contributed by atoms with Crippen molar-refractivity contribution >= 4 is 40.4 Å². The number of aromatic nitrogens is 2. The number of aryl methyl sites for hydroxylation is 1. The van der Waals surface area contributed by atoms with Crippen LogP contribution in [0.4, 0.5) is 5.13 Å². The number of hydrazone groups is 1. The minimum Gasteiger partial charge on any atom is -0.490 e. The van der Waals surface area contributed by atoms with Crippen molar-refractivity contribution in [2.45, 2.75) is 24.8 Å². The molecule has 0 saturated carbocycles. The Morgan fingerprint density at radius 3 is 2.81 bits per heavy atom. The normalized spacial score (nSPS) is 10.9. The molecule has 10 heteroatoms. The van der Waals surface area contributed by atoms with Crippen molar-refractivity contribution in [1.29, 1.82) is 0 Å². The van der Waals surface area contributed by atoms with Crippen molar-refractivity contribution in [1.82, 2.24) is 15.6 Å². The van der Waals surface area contributed by atoms with Crippen LogP contribution in [0, 0.1) is 6.92 Å². The number of rotatable bonds is 10. The van der Waals surface area contributed by atoms with Crippen LogP contribution < -0.4 is 20.6 Å². The van der Waals surface area contributed by atoms with Gasteiger partial charge in [0.2, 0.25) is 5.13 Å². The Morgan fingerprint density at radius 2 is 2.06 bits per heavy atom. The number of ether oxygens (including phenoxy) is 2. The van der Waals surface area contributed by atoms with Crippen LogP contribution in [-0.2, 0) is 11.4 Å². The highest BCUT2D eigenvalue weighted by molar-refractivity contribution is 8.01. The average molecular weight is 458 g/mol. The molecule has 1 amide bonds. The maximum atomic E-state index is 11.9. The molecule has 0 saturated heterocycles. The number of carbonyl (C=O) groups is 1. The molecule has 0 bridgehead atoms. The lowest BCUT2D eigenvalue weighted by Gasteiger charge is -2.13. The summed E-state index contributed by atoms with van der Waals surface area (Å²) in [5, 5.41) is 11.9. The Balaban J connectivity index is 1.56. The van der Waals surface area contributed by atoms with E-state index in [9.17, 15) is 4.79 Å². The van der Waals surface area contributed by atoms with E-state index in [-0.39, 0.29) is 11.7 Å². The Bertz CT molecular complexity index is 1050. The molecule has 3 N–H and O–H groups in total. The first-order valence-corrected chi connectivity index (χ1v) is 11.3. The van der Waals surface area contributed by atoms with Gasteiger partial charge in [0.25, 0.3) is 5.91 Å². The van der Waals surface area contributed by atoms with E-state index >= 15 is 0 Å². The number of nitrogens with one attached hydrogen (secondary N) is 1. The molecule has 2 aromatic carbocycles. The van der Waals surface area contributed by atoms with Crippen molar-refractivity contribution in [2.24, 2.45) is 5.10 Å². The van der Waals surface area contributed by atoms with E-state index in [4.69, 9.17) is 15.2 Å². The van der Waals surface area contributed by atoms with E-state index in [1.54, 1.807) is 6.21 Å². The number of hydrogen-bond acceptors (Lipinski definition) is 9. The third-order valence-corrected chi connectivity index (χ3v) is 5.95. The number of nitrogens with zero attached hydrogens (tertiary/aromatic N) is 3. The molecule has 31 heavy (non-hydrogen) atoms. The molecule has 0 fully saturated rings. The van der Waals surface area contributed by atoms with Gasteiger partial charge in [0.1, 0.15) is 6.61 Å². The third-order valence-electron chi connectivity index (χ3n) is 4.06. The Labute approximate surface area is 188 Å². The maximum absolute atomic E-state index is 11.9. The smallest absolute Gasteiger partial charge is 0.250 e. The molecule has 8 nitrogen and oxygen atoms in total. The molecule has 0 atom stereocenters. The van der Waals surface area contributed by atoms with E-state index in [1.165, 1.54) is 28.7 Å². The third kappa shape index (κ3) is 6.97.